The van der Waals surface area contributed by atoms with Crippen LogP contribution in [-0.2, 0) is 22.8 Å². The normalized spacial score (nSPS) is 12.4. The van der Waals surface area contributed by atoms with E-state index in [0.29, 0.717) is 17.8 Å². The maximum atomic E-state index is 12.7. The highest BCUT2D eigenvalue weighted by atomic mass is 35.5. The second-order valence-corrected chi connectivity index (χ2v) is 6.73. The van der Waals surface area contributed by atoms with Gasteiger partial charge in [-0.15, -0.1) is 11.6 Å². The summed E-state index contributed by atoms with van der Waals surface area (Å²) in [6, 6.07) is 4.52. The van der Waals surface area contributed by atoms with Gasteiger partial charge in [0.25, 0.3) is 6.43 Å². The summed E-state index contributed by atoms with van der Waals surface area (Å²) >= 11 is 5.64. The molecule has 0 aliphatic heterocycles. The number of sulfone groups is 1. The lowest BCUT2D eigenvalue weighted by Gasteiger charge is -2.07. The summed E-state index contributed by atoms with van der Waals surface area (Å²) in [6.45, 7) is -0.532. The predicted molar refractivity (Wildman–Crippen MR) is 73.3 cm³/mol. The molecule has 1 aromatic heterocycles. The molecule has 0 saturated carbocycles. The molecule has 2 aromatic rings. The Balaban J connectivity index is 2.73. The van der Waals surface area contributed by atoms with E-state index in [0.717, 1.165) is 6.26 Å². The number of halogens is 3. The number of imidazole rings is 1. The lowest BCUT2D eigenvalue weighted by atomic mass is 10.3. The van der Waals surface area contributed by atoms with Crippen LogP contribution in [0.3, 0.4) is 0 Å². The Morgan fingerprint density at radius 3 is 2.65 bits per heavy atom. The number of alkyl halides is 3. The van der Waals surface area contributed by atoms with Crippen molar-refractivity contribution in [3.63, 3.8) is 0 Å². The molecule has 0 unspecified atom stereocenters. The minimum Gasteiger partial charge on any atom is -0.322 e. The number of nitrogens with zero attached hydrogens (tertiary/aromatic N) is 2. The number of hydrogen-bond acceptors (Lipinski definition) is 3. The van der Waals surface area contributed by atoms with E-state index in [1.807, 2.05) is 0 Å². The summed E-state index contributed by atoms with van der Waals surface area (Å²) in [5.74, 6) is 0.590. The van der Waals surface area contributed by atoms with Crippen LogP contribution < -0.4 is 0 Å². The molecule has 110 valence electrons. The molecule has 0 spiro atoms. The number of aryl methyl sites for hydroxylation is 1. The summed E-state index contributed by atoms with van der Waals surface area (Å²) in [6.07, 6.45) is -1.19. The number of aromatic nitrogens is 2. The molecule has 0 radical (unpaired) electrons. The molecule has 1 heterocycles. The van der Waals surface area contributed by atoms with Crippen molar-refractivity contribution in [3.8, 4) is 0 Å². The van der Waals surface area contributed by atoms with E-state index in [4.69, 9.17) is 11.6 Å². The fraction of sp³-hybridized carbons (Fsp3) is 0.417. The second-order valence-electron chi connectivity index (χ2n) is 4.36. The van der Waals surface area contributed by atoms with Gasteiger partial charge in [0.15, 0.2) is 9.84 Å². The first kappa shape index (κ1) is 15.2. The molecule has 1 aromatic carbocycles. The van der Waals surface area contributed by atoms with Crippen molar-refractivity contribution in [2.24, 2.45) is 0 Å². The van der Waals surface area contributed by atoms with Crippen LogP contribution in [0.1, 0.15) is 5.82 Å². The Morgan fingerprint density at radius 2 is 2.10 bits per heavy atom. The van der Waals surface area contributed by atoms with Gasteiger partial charge in [-0.1, -0.05) is 6.07 Å². The highest BCUT2D eigenvalue weighted by molar-refractivity contribution is 7.91. The van der Waals surface area contributed by atoms with Gasteiger partial charge >= 0.3 is 0 Å². The third kappa shape index (κ3) is 2.93. The Bertz CT molecular complexity index is 728. The van der Waals surface area contributed by atoms with Crippen LogP contribution in [0, 0.1) is 0 Å². The van der Waals surface area contributed by atoms with Gasteiger partial charge in [0.2, 0.25) is 0 Å². The van der Waals surface area contributed by atoms with Crippen LogP contribution in [0.2, 0.25) is 0 Å². The van der Waals surface area contributed by atoms with Crippen molar-refractivity contribution in [3.05, 3.63) is 24.0 Å². The van der Waals surface area contributed by atoms with Crippen LogP contribution in [0.15, 0.2) is 23.1 Å². The van der Waals surface area contributed by atoms with Crippen molar-refractivity contribution >= 4 is 32.5 Å². The minimum absolute atomic E-state index is 0.0406. The molecule has 0 atom stereocenters. The summed E-state index contributed by atoms with van der Waals surface area (Å²) < 4.78 is 50.1. The first-order valence-corrected chi connectivity index (χ1v) is 8.29. The number of rotatable bonds is 5. The van der Waals surface area contributed by atoms with Crippen molar-refractivity contribution in [2.45, 2.75) is 24.3 Å². The van der Waals surface area contributed by atoms with Gasteiger partial charge in [-0.3, -0.25) is 0 Å². The van der Waals surface area contributed by atoms with Crippen LogP contribution in [0.25, 0.3) is 11.0 Å². The van der Waals surface area contributed by atoms with Gasteiger partial charge in [-0.25, -0.2) is 22.2 Å². The molecule has 20 heavy (non-hydrogen) atoms. The van der Waals surface area contributed by atoms with Gasteiger partial charge in [0.1, 0.15) is 11.3 Å². The van der Waals surface area contributed by atoms with E-state index < -0.39 is 22.8 Å². The van der Waals surface area contributed by atoms with Gasteiger partial charge in [-0.2, -0.15) is 0 Å². The van der Waals surface area contributed by atoms with Gasteiger partial charge < -0.3 is 4.57 Å². The summed E-state index contributed by atoms with van der Waals surface area (Å²) in [4.78, 5) is 4.23. The van der Waals surface area contributed by atoms with Gasteiger partial charge in [0.05, 0.1) is 17.0 Å². The van der Waals surface area contributed by atoms with Crippen molar-refractivity contribution in [1.29, 1.82) is 0 Å². The third-order valence-electron chi connectivity index (χ3n) is 2.86. The third-order valence-corrected chi connectivity index (χ3v) is 4.18. The number of fused-ring (bicyclic) bond motifs is 1. The molecule has 0 N–H and O–H groups in total. The highest BCUT2D eigenvalue weighted by Gasteiger charge is 2.20. The van der Waals surface area contributed by atoms with Crippen molar-refractivity contribution < 1.29 is 17.2 Å². The first-order chi connectivity index (χ1) is 9.34. The van der Waals surface area contributed by atoms with Gasteiger partial charge in [0, 0.05) is 18.6 Å². The minimum atomic E-state index is -3.47. The Kier molecular flexibility index (Phi) is 4.29. The molecule has 2 rings (SSSR count). The van der Waals surface area contributed by atoms with Crippen LogP contribution >= 0.6 is 11.6 Å². The monoisotopic (exact) mass is 322 g/mol. The van der Waals surface area contributed by atoms with E-state index in [1.165, 1.54) is 16.7 Å². The van der Waals surface area contributed by atoms with E-state index in [9.17, 15) is 17.2 Å². The average molecular weight is 323 g/mol. The summed E-state index contributed by atoms with van der Waals surface area (Å²) in [5, 5.41) is 0. The lowest BCUT2D eigenvalue weighted by molar-refractivity contribution is 0.127. The standard InChI is InChI=1S/C12H13ClF2N2O2S/c1-20(18,19)9-4-2-3-8-12(9)16-11(5-6-13)17(8)7-10(14)15/h2-4,10H,5-7H2,1H3. The van der Waals surface area contributed by atoms with Crippen LogP contribution in [-0.4, -0.2) is 36.5 Å². The highest BCUT2D eigenvalue weighted by Crippen LogP contribution is 2.25. The Labute approximate surface area is 120 Å². The van der Waals surface area contributed by atoms with E-state index >= 15 is 0 Å². The molecule has 8 heteroatoms. The topological polar surface area (TPSA) is 52.0 Å². The molecule has 0 saturated heterocycles. The molecular formula is C12H13ClF2N2O2S. The fourth-order valence-electron chi connectivity index (χ4n) is 2.09. The Morgan fingerprint density at radius 1 is 1.40 bits per heavy atom. The molecule has 0 aliphatic carbocycles. The quantitative estimate of drug-likeness (QED) is 0.795. The summed E-state index contributed by atoms with van der Waals surface area (Å²) in [5.41, 5.74) is 0.601. The maximum Gasteiger partial charge on any atom is 0.256 e. The molecule has 0 bridgehead atoms. The predicted octanol–water partition coefficient (Wildman–Crippen LogP) is 2.49. The smallest absolute Gasteiger partial charge is 0.256 e. The zero-order valence-corrected chi connectivity index (χ0v) is 12.3. The lowest BCUT2D eigenvalue weighted by Crippen LogP contribution is -2.10. The van der Waals surface area contributed by atoms with Crippen molar-refractivity contribution in [2.75, 3.05) is 12.1 Å². The number of hydrogen-bond donors (Lipinski definition) is 0. The van der Waals surface area contributed by atoms with Crippen LogP contribution in [0.4, 0.5) is 8.78 Å². The Hall–Kier alpha value is -1.21. The zero-order valence-electron chi connectivity index (χ0n) is 10.7. The first-order valence-electron chi connectivity index (χ1n) is 5.87. The molecule has 0 aliphatic rings. The van der Waals surface area contributed by atoms with Gasteiger partial charge in [-0.05, 0) is 12.1 Å². The average Bonchev–Trinajstić information content (AvgIpc) is 2.66. The van der Waals surface area contributed by atoms with E-state index in [-0.39, 0.29) is 16.3 Å². The molecule has 0 fully saturated rings. The second kappa shape index (κ2) is 5.65. The van der Waals surface area contributed by atoms with E-state index in [2.05, 4.69) is 4.98 Å². The number of para-hydroxylation sites is 1. The summed E-state index contributed by atoms with van der Waals surface area (Å²) in [7, 11) is -3.47. The molecular weight excluding hydrogens is 310 g/mol. The van der Waals surface area contributed by atoms with Crippen LogP contribution in [0.5, 0.6) is 0 Å². The zero-order chi connectivity index (χ0) is 14.9. The van der Waals surface area contributed by atoms with E-state index in [1.54, 1.807) is 6.07 Å². The number of benzene rings is 1. The maximum absolute atomic E-state index is 12.7. The largest absolute Gasteiger partial charge is 0.322 e. The molecule has 4 nitrogen and oxygen atoms in total. The SMILES string of the molecule is CS(=O)(=O)c1cccc2c1nc(CCCl)n2CC(F)F. The molecule has 0 amide bonds. The fourth-order valence-corrected chi connectivity index (χ4v) is 3.08. The van der Waals surface area contributed by atoms with Crippen molar-refractivity contribution in [1.82, 2.24) is 9.55 Å².